The fourth-order valence-corrected chi connectivity index (χ4v) is 1.70. The molecule has 5 nitrogen and oxygen atoms in total. The van der Waals surface area contributed by atoms with Crippen LogP contribution in [0.2, 0.25) is 5.02 Å². The van der Waals surface area contributed by atoms with Gasteiger partial charge in [0.1, 0.15) is 5.71 Å². The molecule has 0 radical (unpaired) electrons. The van der Waals surface area contributed by atoms with E-state index in [1.54, 1.807) is 0 Å². The highest BCUT2D eigenvalue weighted by molar-refractivity contribution is 6.31. The Hall–Kier alpha value is -1.82. The van der Waals surface area contributed by atoms with Crippen molar-refractivity contribution in [3.63, 3.8) is 0 Å². The van der Waals surface area contributed by atoms with Crippen molar-refractivity contribution in [2.45, 2.75) is 19.4 Å². The lowest BCUT2D eigenvalue weighted by atomic mass is 9.92. The molecule has 0 aliphatic carbocycles. The monoisotopic (exact) mass is 274 g/mol. The van der Waals surface area contributed by atoms with Gasteiger partial charge < -0.3 is 15.6 Å². The lowest BCUT2D eigenvalue weighted by molar-refractivity contribution is 0.188. The average Bonchev–Trinajstić information content (AvgIpc) is 2.23. The number of oxime groups is 1. The van der Waals surface area contributed by atoms with Gasteiger partial charge in [0.2, 0.25) is 0 Å². The SMILES string of the molecule is CC(C)(NC(=O)O)C(=NO)c1cccc(Cl)c1F. The van der Waals surface area contributed by atoms with E-state index in [2.05, 4.69) is 10.5 Å². The van der Waals surface area contributed by atoms with Crippen LogP contribution in [-0.4, -0.2) is 27.7 Å². The van der Waals surface area contributed by atoms with Crippen LogP contribution in [0.3, 0.4) is 0 Å². The minimum absolute atomic E-state index is 0.0660. The minimum atomic E-state index is -1.32. The van der Waals surface area contributed by atoms with Crippen molar-refractivity contribution in [3.8, 4) is 0 Å². The van der Waals surface area contributed by atoms with Gasteiger partial charge in [-0.1, -0.05) is 22.8 Å². The van der Waals surface area contributed by atoms with Crippen molar-refractivity contribution >= 4 is 23.4 Å². The summed E-state index contributed by atoms with van der Waals surface area (Å²) in [6.07, 6.45) is -1.32. The largest absolute Gasteiger partial charge is 0.465 e. The quantitative estimate of drug-likeness (QED) is 0.450. The van der Waals surface area contributed by atoms with Crippen molar-refractivity contribution in [3.05, 3.63) is 34.6 Å². The highest BCUT2D eigenvalue weighted by Gasteiger charge is 2.31. The molecule has 1 aromatic carbocycles. The lowest BCUT2D eigenvalue weighted by Crippen LogP contribution is -2.49. The third-order valence-corrected chi connectivity index (χ3v) is 2.61. The number of rotatable bonds is 3. The number of nitrogens with zero attached hydrogens (tertiary/aromatic N) is 1. The van der Waals surface area contributed by atoms with Gasteiger partial charge in [0, 0.05) is 5.56 Å². The van der Waals surface area contributed by atoms with Gasteiger partial charge in [-0.15, -0.1) is 0 Å². The predicted octanol–water partition coefficient (Wildman–Crippen LogP) is 2.70. The van der Waals surface area contributed by atoms with Gasteiger partial charge in [-0.25, -0.2) is 9.18 Å². The number of amides is 1. The number of carbonyl (C=O) groups is 1. The maximum absolute atomic E-state index is 13.8. The molecule has 98 valence electrons. The van der Waals surface area contributed by atoms with E-state index in [1.807, 2.05) is 0 Å². The fourth-order valence-electron chi connectivity index (χ4n) is 1.53. The molecule has 3 N–H and O–H groups in total. The van der Waals surface area contributed by atoms with E-state index >= 15 is 0 Å². The van der Waals surface area contributed by atoms with Crippen molar-refractivity contribution in [1.29, 1.82) is 0 Å². The molecule has 0 aliphatic rings. The minimum Gasteiger partial charge on any atom is -0.465 e. The third-order valence-electron chi connectivity index (χ3n) is 2.32. The first-order chi connectivity index (χ1) is 8.29. The zero-order valence-electron chi connectivity index (χ0n) is 9.74. The molecule has 0 bridgehead atoms. The Morgan fingerprint density at radius 1 is 1.50 bits per heavy atom. The Morgan fingerprint density at radius 3 is 2.61 bits per heavy atom. The van der Waals surface area contributed by atoms with Crippen LogP contribution in [0.25, 0.3) is 0 Å². The Kier molecular flexibility index (Phi) is 4.13. The molecule has 0 saturated heterocycles. The molecule has 0 heterocycles. The summed E-state index contributed by atoms with van der Waals surface area (Å²) in [4.78, 5) is 10.7. The molecule has 0 saturated carbocycles. The number of hydrogen-bond donors (Lipinski definition) is 3. The molecule has 0 spiro atoms. The molecule has 1 amide bonds. The molecule has 0 unspecified atom stereocenters. The number of nitrogens with one attached hydrogen (secondary N) is 1. The van der Waals surface area contributed by atoms with E-state index in [1.165, 1.54) is 32.0 Å². The topological polar surface area (TPSA) is 81.9 Å². The van der Waals surface area contributed by atoms with Crippen molar-refractivity contribution in [2.24, 2.45) is 5.16 Å². The lowest BCUT2D eigenvalue weighted by Gasteiger charge is -2.25. The highest BCUT2D eigenvalue weighted by Crippen LogP contribution is 2.22. The number of halogens is 2. The number of carboxylic acid groups (broad SMARTS) is 1. The summed E-state index contributed by atoms with van der Waals surface area (Å²) in [5, 5.41) is 22.7. The third kappa shape index (κ3) is 2.89. The van der Waals surface area contributed by atoms with Gasteiger partial charge >= 0.3 is 6.09 Å². The normalized spacial score (nSPS) is 12.3. The van der Waals surface area contributed by atoms with Gasteiger partial charge in [-0.2, -0.15) is 0 Å². The molecule has 0 atom stereocenters. The van der Waals surface area contributed by atoms with Crippen molar-refractivity contribution in [2.75, 3.05) is 0 Å². The number of hydrogen-bond acceptors (Lipinski definition) is 3. The average molecular weight is 275 g/mol. The Labute approximate surface area is 108 Å². The van der Waals surface area contributed by atoms with Crippen molar-refractivity contribution < 1.29 is 19.5 Å². The Balaban J connectivity index is 3.27. The molecular weight excluding hydrogens is 263 g/mol. The van der Waals surface area contributed by atoms with Gasteiger partial charge in [-0.05, 0) is 26.0 Å². The molecule has 0 aromatic heterocycles. The van der Waals surface area contributed by atoms with Crippen LogP contribution < -0.4 is 5.32 Å². The molecule has 0 aliphatic heterocycles. The smallest absolute Gasteiger partial charge is 0.405 e. The van der Waals surface area contributed by atoms with E-state index < -0.39 is 17.4 Å². The predicted molar refractivity (Wildman–Crippen MR) is 65.0 cm³/mol. The molecular formula is C11H12ClFN2O3. The van der Waals surface area contributed by atoms with E-state index in [0.29, 0.717) is 0 Å². The summed E-state index contributed by atoms with van der Waals surface area (Å²) in [6.45, 7) is 2.88. The summed E-state index contributed by atoms with van der Waals surface area (Å²) in [5.41, 5.74) is -1.50. The maximum atomic E-state index is 13.8. The van der Waals surface area contributed by atoms with Crippen LogP contribution in [-0.2, 0) is 0 Å². The first-order valence-electron chi connectivity index (χ1n) is 4.97. The van der Waals surface area contributed by atoms with Gasteiger partial charge in [0.15, 0.2) is 5.82 Å². The van der Waals surface area contributed by atoms with E-state index in [-0.39, 0.29) is 16.3 Å². The van der Waals surface area contributed by atoms with E-state index in [4.69, 9.17) is 21.9 Å². The standard InChI is InChI=1S/C11H12ClFN2O3/c1-11(2,14-10(16)17)9(15-18)6-4-3-5-7(12)8(6)13/h3-5,14,18H,1-2H3,(H,16,17). The highest BCUT2D eigenvalue weighted by atomic mass is 35.5. The molecule has 7 heteroatoms. The second kappa shape index (κ2) is 5.22. The van der Waals surface area contributed by atoms with Crippen LogP contribution in [0, 0.1) is 5.82 Å². The number of benzene rings is 1. The van der Waals surface area contributed by atoms with Crippen LogP contribution in [0.15, 0.2) is 23.4 Å². The first kappa shape index (κ1) is 14.2. The fraction of sp³-hybridized carbons (Fsp3) is 0.273. The van der Waals surface area contributed by atoms with Crippen LogP contribution in [0.5, 0.6) is 0 Å². The molecule has 0 fully saturated rings. The second-order valence-corrected chi connectivity index (χ2v) is 4.51. The van der Waals surface area contributed by atoms with Crippen LogP contribution in [0.4, 0.5) is 9.18 Å². The van der Waals surface area contributed by atoms with E-state index in [0.717, 1.165) is 0 Å². The Bertz CT molecular complexity index is 503. The van der Waals surface area contributed by atoms with Gasteiger partial charge in [-0.3, -0.25) is 0 Å². The Morgan fingerprint density at radius 2 is 2.11 bits per heavy atom. The zero-order valence-corrected chi connectivity index (χ0v) is 10.5. The summed E-state index contributed by atoms with van der Waals surface area (Å²) >= 11 is 5.62. The summed E-state index contributed by atoms with van der Waals surface area (Å²) in [7, 11) is 0. The summed E-state index contributed by atoms with van der Waals surface area (Å²) in [5.74, 6) is -0.771. The molecule has 18 heavy (non-hydrogen) atoms. The molecule has 1 rings (SSSR count). The summed E-state index contributed by atoms with van der Waals surface area (Å²) < 4.78 is 13.8. The second-order valence-electron chi connectivity index (χ2n) is 4.11. The van der Waals surface area contributed by atoms with E-state index in [9.17, 15) is 9.18 Å². The van der Waals surface area contributed by atoms with Crippen LogP contribution >= 0.6 is 11.6 Å². The maximum Gasteiger partial charge on any atom is 0.405 e. The van der Waals surface area contributed by atoms with Crippen molar-refractivity contribution in [1.82, 2.24) is 5.32 Å². The summed E-state index contributed by atoms with van der Waals surface area (Å²) in [6, 6.07) is 4.16. The first-order valence-corrected chi connectivity index (χ1v) is 5.35. The van der Waals surface area contributed by atoms with Gasteiger partial charge in [0.05, 0.1) is 10.6 Å². The molecule has 1 aromatic rings. The van der Waals surface area contributed by atoms with Crippen LogP contribution in [0.1, 0.15) is 19.4 Å². The zero-order chi connectivity index (χ0) is 13.9. The van der Waals surface area contributed by atoms with Gasteiger partial charge in [0.25, 0.3) is 0 Å².